The van der Waals surface area contributed by atoms with E-state index in [2.05, 4.69) is 71.9 Å². The normalized spacial score (nSPS) is 15.9. The van der Waals surface area contributed by atoms with Crippen LogP contribution < -0.4 is 10.6 Å². The van der Waals surface area contributed by atoms with Crippen LogP contribution in [0.5, 0.6) is 0 Å². The monoisotopic (exact) mass is 369 g/mol. The van der Waals surface area contributed by atoms with Gasteiger partial charge in [-0.05, 0) is 48.2 Å². The molecule has 0 radical (unpaired) electrons. The highest BCUT2D eigenvalue weighted by Crippen LogP contribution is 2.35. The van der Waals surface area contributed by atoms with Crippen LogP contribution in [0.25, 0.3) is 28.2 Å². The topological polar surface area (TPSA) is 42.2 Å². The summed E-state index contributed by atoms with van der Waals surface area (Å²) in [5.74, 6) is 0. The van der Waals surface area contributed by atoms with Gasteiger partial charge in [0.2, 0.25) is 0 Å². The van der Waals surface area contributed by atoms with E-state index in [1.165, 1.54) is 21.4 Å². The van der Waals surface area contributed by atoms with Crippen molar-refractivity contribution in [2.24, 2.45) is 5.73 Å². The molecule has 0 spiro atoms. The average Bonchev–Trinajstić information content (AvgIpc) is 3.18. The first-order valence-electron chi connectivity index (χ1n) is 8.97. The lowest BCUT2D eigenvalue weighted by atomic mass is 10.0. The number of hydrogen-bond acceptors (Lipinski definition) is 4. The summed E-state index contributed by atoms with van der Waals surface area (Å²) >= 11 is 1.72. The number of anilines is 1. The molecule has 0 amide bonds. The van der Waals surface area contributed by atoms with Crippen LogP contribution in [-0.2, 0) is 0 Å². The molecule has 2 aromatic heterocycles. The smallest absolute Gasteiger partial charge is 0.109 e. The predicted molar refractivity (Wildman–Crippen MR) is 115 cm³/mol. The van der Waals surface area contributed by atoms with Gasteiger partial charge < -0.3 is 10.6 Å². The lowest BCUT2D eigenvalue weighted by Gasteiger charge is -2.30. The molecule has 2 N–H and O–H groups in total. The van der Waals surface area contributed by atoms with Crippen LogP contribution in [0.15, 0.2) is 72.2 Å². The Kier molecular flexibility index (Phi) is 3.81. The molecule has 132 valence electrons. The zero-order valence-electron chi connectivity index (χ0n) is 15.0. The van der Waals surface area contributed by atoms with Gasteiger partial charge in [-0.3, -0.25) is 0 Å². The second-order valence-corrected chi connectivity index (χ2v) is 7.75. The number of aromatic nitrogens is 1. The lowest BCUT2D eigenvalue weighted by molar-refractivity contribution is 0.727. The SMILES string of the molecule is Cc1cc(-c2ccccc2)nc2cc(N3C=Cc4sccc4C3N)ccc12. The second kappa shape index (κ2) is 6.34. The fraction of sp³-hybridized carbons (Fsp3) is 0.0870. The highest BCUT2D eigenvalue weighted by atomic mass is 32.1. The summed E-state index contributed by atoms with van der Waals surface area (Å²) < 4.78 is 0. The van der Waals surface area contributed by atoms with Crippen LogP contribution in [-0.4, -0.2) is 4.98 Å². The number of pyridine rings is 1. The molecule has 0 fully saturated rings. The van der Waals surface area contributed by atoms with Gasteiger partial charge in [-0.25, -0.2) is 4.98 Å². The summed E-state index contributed by atoms with van der Waals surface area (Å²) in [4.78, 5) is 8.28. The molecule has 0 aliphatic carbocycles. The van der Waals surface area contributed by atoms with Gasteiger partial charge in [0.15, 0.2) is 0 Å². The van der Waals surface area contributed by atoms with Crippen LogP contribution in [0.3, 0.4) is 0 Å². The Morgan fingerprint density at radius 3 is 2.74 bits per heavy atom. The van der Waals surface area contributed by atoms with Gasteiger partial charge in [0, 0.05) is 33.3 Å². The maximum absolute atomic E-state index is 6.52. The van der Waals surface area contributed by atoms with Gasteiger partial charge in [0.25, 0.3) is 0 Å². The number of thiophene rings is 1. The predicted octanol–water partition coefficient (Wildman–Crippen LogP) is 5.72. The van der Waals surface area contributed by atoms with E-state index in [0.717, 1.165) is 22.5 Å². The number of aryl methyl sites for hydroxylation is 1. The van der Waals surface area contributed by atoms with Crippen LogP contribution in [0.4, 0.5) is 5.69 Å². The third-order valence-electron chi connectivity index (χ3n) is 5.10. The number of nitrogens with two attached hydrogens (primary N) is 1. The number of fused-ring (bicyclic) bond motifs is 2. The van der Waals surface area contributed by atoms with Crippen LogP contribution in [0, 0.1) is 6.92 Å². The second-order valence-electron chi connectivity index (χ2n) is 6.80. The number of hydrogen-bond donors (Lipinski definition) is 1. The third kappa shape index (κ3) is 2.74. The van der Waals surface area contributed by atoms with Crippen molar-refractivity contribution in [1.29, 1.82) is 0 Å². The molecule has 0 bridgehead atoms. The molecule has 4 aromatic rings. The molecule has 3 nitrogen and oxygen atoms in total. The Morgan fingerprint density at radius 2 is 1.89 bits per heavy atom. The van der Waals surface area contributed by atoms with E-state index >= 15 is 0 Å². The summed E-state index contributed by atoms with van der Waals surface area (Å²) in [5.41, 5.74) is 13.1. The highest BCUT2D eigenvalue weighted by molar-refractivity contribution is 7.11. The van der Waals surface area contributed by atoms with E-state index in [4.69, 9.17) is 10.7 Å². The molecule has 0 saturated carbocycles. The fourth-order valence-corrected chi connectivity index (χ4v) is 4.48. The minimum atomic E-state index is -0.174. The van der Waals surface area contributed by atoms with Crippen molar-refractivity contribution < 1.29 is 0 Å². The van der Waals surface area contributed by atoms with Crippen molar-refractivity contribution in [3.8, 4) is 11.3 Å². The van der Waals surface area contributed by atoms with E-state index in [1.54, 1.807) is 11.3 Å². The van der Waals surface area contributed by atoms with E-state index in [9.17, 15) is 0 Å². The van der Waals surface area contributed by atoms with E-state index in [0.29, 0.717) is 0 Å². The summed E-state index contributed by atoms with van der Waals surface area (Å²) in [5, 5.41) is 3.26. The number of benzene rings is 2. The molecule has 2 aromatic carbocycles. The largest absolute Gasteiger partial charge is 0.328 e. The number of rotatable bonds is 2. The van der Waals surface area contributed by atoms with Gasteiger partial charge in [-0.1, -0.05) is 36.4 Å². The van der Waals surface area contributed by atoms with Crippen molar-refractivity contribution in [3.05, 3.63) is 88.2 Å². The Bertz CT molecular complexity index is 1160. The molecule has 27 heavy (non-hydrogen) atoms. The van der Waals surface area contributed by atoms with Crippen molar-refractivity contribution in [1.82, 2.24) is 4.98 Å². The van der Waals surface area contributed by atoms with E-state index in [1.807, 2.05) is 18.2 Å². The summed E-state index contributed by atoms with van der Waals surface area (Å²) in [6, 6.07) is 21.0. The van der Waals surface area contributed by atoms with Crippen LogP contribution in [0.2, 0.25) is 0 Å². The van der Waals surface area contributed by atoms with Gasteiger partial charge in [-0.15, -0.1) is 11.3 Å². The van der Waals surface area contributed by atoms with Gasteiger partial charge in [0.05, 0.1) is 11.2 Å². The molecule has 1 aliphatic heterocycles. The zero-order valence-corrected chi connectivity index (χ0v) is 15.8. The molecule has 4 heteroatoms. The Hall–Kier alpha value is -2.95. The molecule has 0 saturated heterocycles. The molecule has 1 atom stereocenters. The first kappa shape index (κ1) is 16.2. The minimum absolute atomic E-state index is 0.174. The first-order chi connectivity index (χ1) is 13.2. The minimum Gasteiger partial charge on any atom is -0.328 e. The quantitative estimate of drug-likeness (QED) is 0.491. The molecule has 1 unspecified atom stereocenters. The van der Waals surface area contributed by atoms with E-state index < -0.39 is 0 Å². The first-order valence-corrected chi connectivity index (χ1v) is 9.85. The molecular formula is C23H19N3S. The van der Waals surface area contributed by atoms with Crippen molar-refractivity contribution in [3.63, 3.8) is 0 Å². The fourth-order valence-electron chi connectivity index (χ4n) is 3.66. The van der Waals surface area contributed by atoms with Gasteiger partial charge in [-0.2, -0.15) is 0 Å². The van der Waals surface area contributed by atoms with Crippen LogP contribution in [0.1, 0.15) is 22.2 Å². The standard InChI is InChI=1S/C23H19N3S/c1-15-13-20(16-5-3-2-4-6-16)25-21-14-17(7-8-18(15)21)26-11-9-22-19(23(26)24)10-12-27-22/h2-14,23H,24H2,1H3. The van der Waals surface area contributed by atoms with Gasteiger partial charge >= 0.3 is 0 Å². The Balaban J connectivity index is 1.61. The molecule has 5 rings (SSSR count). The maximum Gasteiger partial charge on any atom is 0.109 e. The van der Waals surface area contributed by atoms with Crippen molar-refractivity contribution in [2.75, 3.05) is 4.90 Å². The molecular weight excluding hydrogens is 350 g/mol. The zero-order chi connectivity index (χ0) is 18.4. The summed E-state index contributed by atoms with van der Waals surface area (Å²) in [7, 11) is 0. The average molecular weight is 369 g/mol. The Labute approximate surface area is 162 Å². The highest BCUT2D eigenvalue weighted by Gasteiger charge is 2.22. The molecule has 3 heterocycles. The van der Waals surface area contributed by atoms with Crippen molar-refractivity contribution in [2.45, 2.75) is 13.1 Å². The van der Waals surface area contributed by atoms with Crippen LogP contribution >= 0.6 is 11.3 Å². The lowest BCUT2D eigenvalue weighted by Crippen LogP contribution is -2.32. The van der Waals surface area contributed by atoms with Crippen molar-refractivity contribution >= 4 is 34.0 Å². The van der Waals surface area contributed by atoms with Gasteiger partial charge in [0.1, 0.15) is 6.17 Å². The number of nitrogens with zero attached hydrogens (tertiary/aromatic N) is 2. The molecule has 1 aliphatic rings. The maximum atomic E-state index is 6.52. The van der Waals surface area contributed by atoms with E-state index in [-0.39, 0.29) is 6.17 Å². The third-order valence-corrected chi connectivity index (χ3v) is 6.00. The summed E-state index contributed by atoms with van der Waals surface area (Å²) in [6.45, 7) is 2.14. The summed E-state index contributed by atoms with van der Waals surface area (Å²) in [6.07, 6.45) is 4.03. The Morgan fingerprint density at radius 1 is 1.04 bits per heavy atom.